The molecule has 1 aromatic heterocycles. The van der Waals surface area contributed by atoms with Crippen LogP contribution in [-0.2, 0) is 13.1 Å². The molecule has 0 aliphatic rings. The quantitative estimate of drug-likeness (QED) is 0.864. The zero-order valence-corrected chi connectivity index (χ0v) is 13.3. The van der Waals surface area contributed by atoms with Gasteiger partial charge >= 0.3 is 0 Å². The summed E-state index contributed by atoms with van der Waals surface area (Å²) < 4.78 is 29.5. The molecule has 1 heterocycles. The lowest BCUT2D eigenvalue weighted by atomic mass is 10.2. The number of nitrogens with one attached hydrogen (secondary N) is 1. The van der Waals surface area contributed by atoms with Crippen LogP contribution in [0.15, 0.2) is 16.6 Å². The fourth-order valence-electron chi connectivity index (χ4n) is 1.92. The van der Waals surface area contributed by atoms with E-state index < -0.39 is 11.6 Å². The SMILES string of the molecule is CCn1nc(C)c(Cl)c1CNc1c(F)cc(Br)cc1F. The van der Waals surface area contributed by atoms with E-state index in [1.807, 2.05) is 6.92 Å². The van der Waals surface area contributed by atoms with Gasteiger partial charge in [-0.1, -0.05) is 27.5 Å². The van der Waals surface area contributed by atoms with Gasteiger partial charge in [0.15, 0.2) is 0 Å². The van der Waals surface area contributed by atoms with Gasteiger partial charge < -0.3 is 5.32 Å². The highest BCUT2D eigenvalue weighted by Crippen LogP contribution is 2.26. The first-order valence-electron chi connectivity index (χ1n) is 6.04. The Hall–Kier alpha value is -1.14. The third kappa shape index (κ3) is 2.96. The molecule has 20 heavy (non-hydrogen) atoms. The summed E-state index contributed by atoms with van der Waals surface area (Å²) in [6.07, 6.45) is 0. The molecule has 0 fully saturated rings. The van der Waals surface area contributed by atoms with E-state index in [9.17, 15) is 8.78 Å². The molecule has 0 aliphatic heterocycles. The van der Waals surface area contributed by atoms with Crippen molar-refractivity contribution in [3.63, 3.8) is 0 Å². The van der Waals surface area contributed by atoms with Crippen molar-refractivity contribution >= 4 is 33.2 Å². The van der Waals surface area contributed by atoms with Gasteiger partial charge in [0.2, 0.25) is 0 Å². The maximum atomic E-state index is 13.7. The number of benzene rings is 1. The molecule has 0 bridgehead atoms. The molecule has 0 amide bonds. The van der Waals surface area contributed by atoms with Gasteiger partial charge in [-0.15, -0.1) is 0 Å². The van der Waals surface area contributed by atoms with Crippen LogP contribution < -0.4 is 5.32 Å². The number of aryl methyl sites for hydroxylation is 2. The molecule has 2 aromatic rings. The smallest absolute Gasteiger partial charge is 0.150 e. The topological polar surface area (TPSA) is 29.9 Å². The van der Waals surface area contributed by atoms with Gasteiger partial charge in [-0.05, 0) is 26.0 Å². The van der Waals surface area contributed by atoms with Gasteiger partial charge in [0.25, 0.3) is 0 Å². The van der Waals surface area contributed by atoms with Crippen molar-refractivity contribution < 1.29 is 8.78 Å². The third-order valence-electron chi connectivity index (χ3n) is 2.89. The molecule has 1 N–H and O–H groups in total. The summed E-state index contributed by atoms with van der Waals surface area (Å²) in [4.78, 5) is 0. The molecule has 3 nitrogen and oxygen atoms in total. The lowest BCUT2D eigenvalue weighted by Crippen LogP contribution is -2.10. The molecule has 1 aromatic carbocycles. The van der Waals surface area contributed by atoms with Crippen molar-refractivity contribution in [3.8, 4) is 0 Å². The van der Waals surface area contributed by atoms with Crippen molar-refractivity contribution in [2.24, 2.45) is 0 Å². The largest absolute Gasteiger partial charge is 0.375 e. The molecule has 0 saturated heterocycles. The average Bonchev–Trinajstić information content (AvgIpc) is 2.64. The third-order valence-corrected chi connectivity index (χ3v) is 3.84. The Balaban J connectivity index is 2.26. The Morgan fingerprint density at radius 1 is 1.35 bits per heavy atom. The average molecular weight is 365 g/mol. The Kier molecular flexibility index (Phi) is 4.65. The van der Waals surface area contributed by atoms with Gasteiger partial charge in [-0.3, -0.25) is 4.68 Å². The first kappa shape index (κ1) is 15.3. The van der Waals surface area contributed by atoms with Crippen LogP contribution in [0.5, 0.6) is 0 Å². The molecule has 2 rings (SSSR count). The molecule has 108 valence electrons. The van der Waals surface area contributed by atoms with Crippen molar-refractivity contribution in [1.29, 1.82) is 0 Å². The number of aromatic nitrogens is 2. The first-order valence-corrected chi connectivity index (χ1v) is 7.21. The van der Waals surface area contributed by atoms with Crippen LogP contribution in [0.2, 0.25) is 5.02 Å². The van der Waals surface area contributed by atoms with Gasteiger partial charge in [-0.2, -0.15) is 5.10 Å². The summed E-state index contributed by atoms with van der Waals surface area (Å²) in [5.74, 6) is -1.32. The molecule has 0 radical (unpaired) electrons. The lowest BCUT2D eigenvalue weighted by molar-refractivity contribution is 0.583. The predicted molar refractivity (Wildman–Crippen MR) is 79.0 cm³/mol. The van der Waals surface area contributed by atoms with Gasteiger partial charge in [-0.25, -0.2) is 8.78 Å². The Labute approximate surface area is 129 Å². The second-order valence-corrected chi connectivity index (χ2v) is 5.55. The summed E-state index contributed by atoms with van der Waals surface area (Å²) in [5, 5.41) is 7.50. The Morgan fingerprint density at radius 2 is 1.95 bits per heavy atom. The summed E-state index contributed by atoms with van der Waals surface area (Å²) in [5.41, 5.74) is 1.22. The lowest BCUT2D eigenvalue weighted by Gasteiger charge is -2.11. The van der Waals surface area contributed by atoms with E-state index in [2.05, 4.69) is 26.3 Å². The Morgan fingerprint density at radius 3 is 2.50 bits per heavy atom. The summed E-state index contributed by atoms with van der Waals surface area (Å²) >= 11 is 9.18. The van der Waals surface area contributed by atoms with Crippen molar-refractivity contribution in [1.82, 2.24) is 9.78 Å². The number of hydrogen-bond donors (Lipinski definition) is 1. The maximum Gasteiger partial charge on any atom is 0.150 e. The first-order chi connectivity index (χ1) is 9.43. The number of nitrogens with zero attached hydrogens (tertiary/aromatic N) is 2. The molecular formula is C13H13BrClF2N3. The van der Waals surface area contributed by atoms with Crippen LogP contribution >= 0.6 is 27.5 Å². The van der Waals surface area contributed by atoms with E-state index in [1.165, 1.54) is 12.1 Å². The normalized spacial score (nSPS) is 10.9. The van der Waals surface area contributed by atoms with Gasteiger partial charge in [0.05, 0.1) is 23.0 Å². The van der Waals surface area contributed by atoms with Crippen LogP contribution in [0, 0.1) is 18.6 Å². The van der Waals surface area contributed by atoms with Gasteiger partial charge in [0.1, 0.15) is 17.3 Å². The van der Waals surface area contributed by atoms with Crippen LogP contribution in [0.3, 0.4) is 0 Å². The van der Waals surface area contributed by atoms with Crippen LogP contribution in [0.25, 0.3) is 0 Å². The highest BCUT2D eigenvalue weighted by molar-refractivity contribution is 9.10. The fraction of sp³-hybridized carbons (Fsp3) is 0.308. The second kappa shape index (κ2) is 6.10. The summed E-state index contributed by atoms with van der Waals surface area (Å²) in [6, 6.07) is 2.41. The monoisotopic (exact) mass is 363 g/mol. The van der Waals surface area contributed by atoms with Crippen LogP contribution in [-0.4, -0.2) is 9.78 Å². The molecule has 0 unspecified atom stereocenters. The van der Waals surface area contributed by atoms with Crippen molar-refractivity contribution in [2.75, 3.05) is 5.32 Å². The van der Waals surface area contributed by atoms with E-state index in [4.69, 9.17) is 11.6 Å². The van der Waals surface area contributed by atoms with E-state index >= 15 is 0 Å². The molecule has 0 saturated carbocycles. The Bertz CT molecular complexity index is 620. The predicted octanol–water partition coefficient (Wildman–Crippen LogP) is 4.52. The highest BCUT2D eigenvalue weighted by Gasteiger charge is 2.15. The van der Waals surface area contributed by atoms with Gasteiger partial charge in [0, 0.05) is 11.0 Å². The summed E-state index contributed by atoms with van der Waals surface area (Å²) in [6.45, 7) is 4.55. The molecule has 0 spiro atoms. The van der Waals surface area contributed by atoms with E-state index in [0.29, 0.717) is 27.4 Å². The molecule has 7 heteroatoms. The minimum atomic E-state index is -0.660. The molecule has 0 atom stereocenters. The summed E-state index contributed by atoms with van der Waals surface area (Å²) in [7, 11) is 0. The number of halogens is 4. The maximum absolute atomic E-state index is 13.7. The van der Waals surface area contributed by atoms with Crippen LogP contribution in [0.4, 0.5) is 14.5 Å². The minimum absolute atomic E-state index is 0.175. The van der Waals surface area contributed by atoms with E-state index in [1.54, 1.807) is 11.6 Å². The minimum Gasteiger partial charge on any atom is -0.375 e. The number of hydrogen-bond acceptors (Lipinski definition) is 2. The van der Waals surface area contributed by atoms with E-state index in [0.717, 1.165) is 0 Å². The molecular weight excluding hydrogens is 352 g/mol. The number of rotatable bonds is 4. The zero-order chi connectivity index (χ0) is 14.9. The van der Waals surface area contributed by atoms with Crippen LogP contribution in [0.1, 0.15) is 18.3 Å². The second-order valence-electron chi connectivity index (χ2n) is 4.26. The van der Waals surface area contributed by atoms with Crippen molar-refractivity contribution in [2.45, 2.75) is 26.9 Å². The van der Waals surface area contributed by atoms with E-state index in [-0.39, 0.29) is 12.2 Å². The standard InChI is InChI=1S/C13H13BrClF2N3/c1-3-20-11(12(15)7(2)19-20)6-18-13-9(16)4-8(14)5-10(13)17/h4-5,18H,3,6H2,1-2H3. The molecule has 0 aliphatic carbocycles. The zero-order valence-electron chi connectivity index (χ0n) is 11.0. The van der Waals surface area contributed by atoms with Crippen molar-refractivity contribution in [3.05, 3.63) is 44.7 Å². The highest BCUT2D eigenvalue weighted by atomic mass is 79.9. The fourth-order valence-corrected chi connectivity index (χ4v) is 2.53. The number of anilines is 1.